The number of nitrogen functional groups attached to an aromatic ring is 2. The van der Waals surface area contributed by atoms with Crippen LogP contribution >= 0.6 is 63.7 Å². The molecule has 18 aromatic rings. The van der Waals surface area contributed by atoms with E-state index in [1.807, 2.05) is 87.4 Å². The molecule has 15 aromatic carbocycles. The molecule has 1 saturated heterocycles. The zero-order valence-corrected chi connectivity index (χ0v) is 87.5. The third-order valence-corrected chi connectivity index (χ3v) is 27.0. The third-order valence-electron chi connectivity index (χ3n) is 24.8. The summed E-state index contributed by atoms with van der Waals surface area (Å²) in [6.45, 7) is 21.3. The van der Waals surface area contributed by atoms with E-state index in [9.17, 15) is 33.4 Å². The number of fused-ring (bicyclic) bond motifs is 3. The number of benzene rings is 15. The highest BCUT2D eigenvalue weighted by Crippen LogP contribution is 2.31. The van der Waals surface area contributed by atoms with Gasteiger partial charge in [-0.1, -0.05) is 233 Å². The van der Waals surface area contributed by atoms with Crippen LogP contribution in [0, 0.1) is 90.0 Å². The van der Waals surface area contributed by atoms with Crippen LogP contribution in [0.5, 0.6) is 11.5 Å². The molecule has 0 bridgehead atoms. The van der Waals surface area contributed by atoms with Crippen LogP contribution in [0.2, 0.25) is 0 Å². The molecule has 0 radical (unpaired) electrons. The number of piperazine rings is 1. The summed E-state index contributed by atoms with van der Waals surface area (Å²) in [5.74, 6) is 0.537. The zero-order valence-electron chi connectivity index (χ0n) is 81.2. The van der Waals surface area contributed by atoms with Crippen molar-refractivity contribution in [2.24, 2.45) is 0 Å². The molecule has 144 heavy (non-hydrogen) atoms. The van der Waals surface area contributed by atoms with Gasteiger partial charge in [0.15, 0.2) is 0 Å². The zero-order chi connectivity index (χ0) is 102. The van der Waals surface area contributed by atoms with Crippen LogP contribution in [0.1, 0.15) is 90.7 Å². The molecule has 0 saturated carbocycles. The van der Waals surface area contributed by atoms with Crippen molar-refractivity contribution in [3.05, 3.63) is 478 Å². The number of nitrogens with two attached hydrogens (primary N) is 2. The quantitative estimate of drug-likeness (QED) is 0.0155. The number of nitro groups is 2. The molecule has 0 unspecified atom stereocenters. The lowest BCUT2D eigenvalue weighted by Gasteiger charge is -2.36. The first kappa shape index (κ1) is 106. The summed E-state index contributed by atoms with van der Waals surface area (Å²) in [6.07, 6.45) is 4.99. The fraction of sp³-hybridized carbons (Fsp3) is 0.205. The molecule has 20 nitrogen and oxygen atoms in total. The molecule has 1 aliphatic heterocycles. The maximum absolute atomic E-state index is 13.2. The maximum atomic E-state index is 13.2. The largest absolute Gasteiger partial charge is 0.494 e. The highest BCUT2D eigenvalue weighted by molar-refractivity contribution is 9.11. The first-order valence-corrected chi connectivity index (χ1v) is 50.8. The van der Waals surface area contributed by atoms with Gasteiger partial charge in [-0.3, -0.25) is 35.9 Å². The van der Waals surface area contributed by atoms with Gasteiger partial charge in [0.1, 0.15) is 23.1 Å². The van der Waals surface area contributed by atoms with Crippen LogP contribution in [0.25, 0.3) is 44.2 Å². The molecule has 4 heterocycles. The molecule has 0 aliphatic carbocycles. The summed E-state index contributed by atoms with van der Waals surface area (Å²) in [7, 11) is 0. The number of hydrogen-bond acceptors (Lipinski definition) is 13. The van der Waals surface area contributed by atoms with E-state index in [1.165, 1.54) is 103 Å². The van der Waals surface area contributed by atoms with Gasteiger partial charge in [-0.25, -0.2) is 13.8 Å². The van der Waals surface area contributed by atoms with E-state index in [-0.39, 0.29) is 22.2 Å². The Bertz CT molecular complexity index is 7510. The van der Waals surface area contributed by atoms with Crippen molar-refractivity contribution >= 4 is 126 Å². The predicted molar refractivity (Wildman–Crippen MR) is 589 cm³/mol. The average molecular weight is 2190 g/mol. The fourth-order valence-electron chi connectivity index (χ4n) is 17.1. The summed E-state index contributed by atoms with van der Waals surface area (Å²) in [6, 6.07) is 108. The van der Waals surface area contributed by atoms with Gasteiger partial charge in [0.25, 0.3) is 5.69 Å². The Kier molecular flexibility index (Phi) is 37.5. The van der Waals surface area contributed by atoms with Gasteiger partial charge in [0, 0.05) is 92.8 Å². The second-order valence-electron chi connectivity index (χ2n) is 35.7. The molecule has 0 atom stereocenters. The number of imidazole rings is 3. The number of aryl methyl sites for hydroxylation is 12. The van der Waals surface area contributed by atoms with E-state index in [0.29, 0.717) is 80.1 Å². The summed E-state index contributed by atoms with van der Waals surface area (Å²) >= 11 is 13.8. The van der Waals surface area contributed by atoms with Crippen LogP contribution < -0.4 is 37.1 Å². The van der Waals surface area contributed by atoms with Crippen LogP contribution in [0.4, 0.5) is 41.9 Å². The van der Waals surface area contributed by atoms with Crippen molar-refractivity contribution in [3.63, 3.8) is 0 Å². The number of aromatic nitrogens is 6. The molecule has 6 N–H and O–H groups in total. The van der Waals surface area contributed by atoms with Crippen molar-refractivity contribution in [3.8, 4) is 22.6 Å². The van der Waals surface area contributed by atoms with E-state index >= 15 is 0 Å². The van der Waals surface area contributed by atoms with Crippen molar-refractivity contribution in [1.82, 2.24) is 32.7 Å². The summed E-state index contributed by atoms with van der Waals surface area (Å²) in [5.41, 5.74) is 39.7. The van der Waals surface area contributed by atoms with Gasteiger partial charge >= 0.3 is 5.69 Å². The first-order chi connectivity index (χ1) is 69.5. The molecular weight excluding hydrogens is 2070 g/mol. The van der Waals surface area contributed by atoms with Crippen molar-refractivity contribution in [1.29, 1.82) is 10.8 Å². The number of ether oxygens (including phenoxy) is 2. The molecule has 1 fully saturated rings. The van der Waals surface area contributed by atoms with E-state index < -0.39 is 16.4 Å². The SMILES string of the molecule is Cc1ccc(N)c(CCc2ccc(Br)cc2)c1.Cc1ccc([N+](=O)[O-])c(CCc2ccc(Br)cc2)c1.Cc1ccc([N+](=O)[O-])c(F)c1.Cc1ccc2c(c1)n(Cc1ccc(Br)cc1)c(=N)n2CCCOc1ccc(F)cc1.Cc1ccc2c(c1)n(Cc1ccc(N3CCN(Cc4ccccc4-c4ccccc4)CC3)cc1)c(=N)n2CCCOc1ccc(F)cc1.Cc1ccc2nc(N)n(Cc3ccc(Br)cc3)c2c1. The third kappa shape index (κ3) is 29.7. The number of rotatable bonds is 28. The minimum absolute atomic E-state index is 0.211. The highest BCUT2D eigenvalue weighted by Gasteiger charge is 2.22. The number of hydrogen-bond donors (Lipinski definition) is 4. The minimum Gasteiger partial charge on any atom is -0.494 e. The van der Waals surface area contributed by atoms with Gasteiger partial charge in [-0.05, 0) is 316 Å². The van der Waals surface area contributed by atoms with Crippen LogP contribution in [-0.2, 0) is 65.0 Å². The predicted octanol–water partition coefficient (Wildman–Crippen LogP) is 27.9. The van der Waals surface area contributed by atoms with Crippen LogP contribution in [0.3, 0.4) is 0 Å². The number of nitro benzene ring substituents is 2. The Morgan fingerprint density at radius 1 is 0.368 bits per heavy atom. The van der Waals surface area contributed by atoms with Gasteiger partial charge in [0.05, 0.1) is 75.8 Å². The molecule has 0 amide bonds. The second-order valence-corrected chi connectivity index (χ2v) is 39.4. The van der Waals surface area contributed by atoms with Gasteiger partial charge in [-0.15, -0.1) is 0 Å². The Morgan fingerprint density at radius 2 is 0.764 bits per heavy atom. The van der Waals surface area contributed by atoms with E-state index in [2.05, 4.69) is 303 Å². The Balaban J connectivity index is 0.000000147. The second kappa shape index (κ2) is 51.1. The van der Waals surface area contributed by atoms with E-state index in [4.69, 9.17) is 31.8 Å². The number of nitrogens with zero attached hydrogens (tertiary/aromatic N) is 10. The highest BCUT2D eigenvalue weighted by atomic mass is 79.9. The number of halogens is 7. The van der Waals surface area contributed by atoms with Gasteiger partial charge in [0.2, 0.25) is 23.0 Å². The molecule has 1 aliphatic rings. The van der Waals surface area contributed by atoms with Crippen molar-refractivity contribution in [2.45, 2.75) is 119 Å². The Morgan fingerprint density at radius 3 is 1.24 bits per heavy atom. The Labute approximate surface area is 870 Å². The summed E-state index contributed by atoms with van der Waals surface area (Å²) in [4.78, 5) is 29.5. The van der Waals surface area contributed by atoms with Crippen LogP contribution in [0.15, 0.2) is 352 Å². The normalized spacial score (nSPS) is 11.7. The molecule has 27 heteroatoms. The minimum atomic E-state index is -0.782. The van der Waals surface area contributed by atoms with E-state index in [1.54, 1.807) is 43.3 Å². The smallest absolute Gasteiger partial charge is 0.304 e. The number of nitrogens with one attached hydrogen (secondary N) is 2. The van der Waals surface area contributed by atoms with Gasteiger partial charge < -0.3 is 48.7 Å². The molecule has 738 valence electrons. The summed E-state index contributed by atoms with van der Waals surface area (Å²) < 4.78 is 65.0. The summed E-state index contributed by atoms with van der Waals surface area (Å²) in [5, 5.41) is 39.0. The molecular formula is C117H115Br4F3N14O6. The van der Waals surface area contributed by atoms with Crippen molar-refractivity contribution in [2.75, 3.05) is 55.8 Å². The van der Waals surface area contributed by atoms with Crippen LogP contribution in [-0.4, -0.2) is 82.0 Å². The van der Waals surface area contributed by atoms with Crippen molar-refractivity contribution < 1.29 is 32.5 Å². The van der Waals surface area contributed by atoms with Gasteiger partial charge in [-0.2, -0.15) is 4.39 Å². The standard InChI is InChI=1S/C41H42FN5O.C24H23BrFN3O.C15H14BrN3.C15H14BrNO2.C15H16BrN.C7H6FNO2/c1-31-12-21-39-40(28-31)47(41(43)46(39)22-7-27-48-37-19-15-35(42)16-20-37)29-32-13-17-36(18-14-32)45-25-23-44(24-26-45)30-34-10-5-6-11-38(34)33-8-3-2-4-9-33;1-17-3-12-22-23(15-17)29(16-18-4-6-19(25)7-5-18)24(27)28(22)13-2-14-30-21-10-8-20(26)9-11-21;1-10-2-7-13-14(8-10)19(15(17)18-13)9-11-3-5-12(16)6-4-11;1-11-2-9-15(17(18)19)13(10-11)6-3-12-4-7-14(16)8-5-12;1-11-2-9-15(17)13(10-11)6-3-12-4-7-14(16)8-5-12;1-5-2-3-7(9(10)11)6(8)4-5/h2-6,8-21,28,43H,7,22-27,29-30H2,1H3;3-12,15,27H,2,13-14,16H2,1H3;2-8H,9H2,1H3,(H2,17,18);2,4-5,7-10H,3,6H2,1H3;2,4-5,7-10H,3,6,17H2,1H3;2-4H,1H3. The average Bonchev–Trinajstić information content (AvgIpc) is 1.62. The lowest BCUT2D eigenvalue weighted by atomic mass is 9.99. The molecule has 0 spiro atoms. The lowest BCUT2D eigenvalue weighted by molar-refractivity contribution is -0.387. The molecule has 19 rings (SSSR count). The first-order valence-electron chi connectivity index (χ1n) is 47.6. The topological polar surface area (TPSA) is 249 Å². The number of anilines is 3. The maximum Gasteiger partial charge on any atom is 0.304 e. The fourth-order valence-corrected chi connectivity index (χ4v) is 18.2. The lowest BCUT2D eigenvalue weighted by Crippen LogP contribution is -2.46. The Hall–Kier alpha value is -14.2. The monoisotopic (exact) mass is 2180 g/mol. The van der Waals surface area contributed by atoms with E-state index in [0.717, 1.165) is 157 Å². The molecule has 3 aromatic heterocycles.